The van der Waals surface area contributed by atoms with Crippen LogP contribution in [0.2, 0.25) is 18.1 Å². The molecule has 4 aromatic rings. The summed E-state index contributed by atoms with van der Waals surface area (Å²) in [5.41, 5.74) is -1.45. The summed E-state index contributed by atoms with van der Waals surface area (Å²) in [5, 5.41) is 33.0. The van der Waals surface area contributed by atoms with Crippen molar-refractivity contribution >= 4 is 43.7 Å². The number of hydrogen-bond donors (Lipinski definition) is 5. The zero-order chi connectivity index (χ0) is 46.8. The third-order valence-electron chi connectivity index (χ3n) is 11.3. The number of likely N-dealkylation sites (tertiary alicyclic amines) is 1. The van der Waals surface area contributed by atoms with Gasteiger partial charge in [0, 0.05) is 48.8 Å². The van der Waals surface area contributed by atoms with Gasteiger partial charge in [-0.2, -0.15) is 0 Å². The van der Waals surface area contributed by atoms with E-state index in [2.05, 4.69) is 49.1 Å². The number of phenolic OH excluding ortho intramolecular Hbond substituents is 1. The number of carbonyl (C=O) groups is 4. The third kappa shape index (κ3) is 13.2. The minimum atomic E-state index is -2.46. The number of esters is 1. The summed E-state index contributed by atoms with van der Waals surface area (Å²) in [6.45, 7) is 17.9. The molecule has 2 heterocycles. The van der Waals surface area contributed by atoms with E-state index < -0.39 is 37.7 Å². The van der Waals surface area contributed by atoms with Crippen LogP contribution in [-0.2, 0) is 29.1 Å². The van der Waals surface area contributed by atoms with E-state index in [0.717, 1.165) is 6.54 Å². The molecular weight excluding hydrogens is 825 g/mol. The smallest absolute Gasteiger partial charge is 0.410 e. The molecule has 0 radical (unpaired) electrons. The van der Waals surface area contributed by atoms with Crippen LogP contribution in [0.5, 0.6) is 5.75 Å². The summed E-state index contributed by atoms with van der Waals surface area (Å²) < 4.78 is 18.7. The molecule has 1 aliphatic heterocycles. The summed E-state index contributed by atoms with van der Waals surface area (Å²) in [4.78, 5) is 68.1. The molecule has 2 amide bonds. The van der Waals surface area contributed by atoms with Crippen LogP contribution in [0.1, 0.15) is 94.0 Å². The number of hydrogen-bond acceptors (Lipinski definition) is 11. The van der Waals surface area contributed by atoms with E-state index in [1.165, 1.54) is 18.2 Å². The van der Waals surface area contributed by atoms with Crippen LogP contribution in [-0.4, -0.2) is 114 Å². The van der Waals surface area contributed by atoms with Gasteiger partial charge < -0.3 is 49.3 Å². The molecule has 15 nitrogen and oxygen atoms in total. The number of aromatic nitrogens is 1. The van der Waals surface area contributed by atoms with Crippen LogP contribution < -0.4 is 10.9 Å². The minimum Gasteiger partial charge on any atom is -0.506 e. The number of aromatic hydroxyl groups is 1. The highest BCUT2D eigenvalue weighted by atomic mass is 28.4. The number of pyridine rings is 1. The Morgan fingerprint density at radius 1 is 0.968 bits per heavy atom. The van der Waals surface area contributed by atoms with Gasteiger partial charge in [0.05, 0.1) is 18.2 Å². The lowest BCUT2D eigenvalue weighted by molar-refractivity contribution is -0.167. The van der Waals surface area contributed by atoms with E-state index in [0.29, 0.717) is 42.3 Å². The maximum atomic E-state index is 13.8. The molecule has 1 aliphatic rings. The number of ether oxygens (including phenoxy) is 2. The van der Waals surface area contributed by atoms with E-state index in [1.807, 2.05) is 7.05 Å². The molecule has 16 heteroatoms. The van der Waals surface area contributed by atoms with Crippen molar-refractivity contribution in [2.45, 2.75) is 102 Å². The third-order valence-corrected chi connectivity index (χ3v) is 15.8. The molecule has 63 heavy (non-hydrogen) atoms. The fourth-order valence-corrected chi connectivity index (χ4v) is 8.25. The van der Waals surface area contributed by atoms with Crippen molar-refractivity contribution < 1.29 is 48.4 Å². The van der Waals surface area contributed by atoms with Crippen molar-refractivity contribution in [3.05, 3.63) is 111 Å². The number of nitrogens with one attached hydrogen (secondary N) is 2. The van der Waals surface area contributed by atoms with Gasteiger partial charge in [-0.1, -0.05) is 69.3 Å². The second-order valence-corrected chi connectivity index (χ2v) is 23.1. The number of nitrogens with zero attached hydrogens (tertiary/aromatic N) is 2. The molecule has 0 bridgehead atoms. The molecule has 0 saturated carbocycles. The quantitative estimate of drug-likeness (QED) is 0.0357. The molecule has 1 fully saturated rings. The van der Waals surface area contributed by atoms with E-state index in [-0.39, 0.29) is 71.1 Å². The Labute approximate surface area is 370 Å². The van der Waals surface area contributed by atoms with Crippen molar-refractivity contribution in [3.8, 4) is 5.75 Å². The number of carbonyl (C=O) groups excluding carboxylic acids is 3. The fraction of sp³-hybridized carbons (Fsp3) is 0.468. The number of benzene rings is 3. The van der Waals surface area contributed by atoms with Gasteiger partial charge >= 0.3 is 12.1 Å². The van der Waals surface area contributed by atoms with Crippen LogP contribution in [0.25, 0.3) is 10.9 Å². The van der Waals surface area contributed by atoms with Gasteiger partial charge in [0.1, 0.15) is 17.5 Å². The zero-order valence-electron chi connectivity index (χ0n) is 37.9. The van der Waals surface area contributed by atoms with Gasteiger partial charge in [0.25, 0.3) is 12.4 Å². The zero-order valence-corrected chi connectivity index (χ0v) is 38.9. The second kappa shape index (κ2) is 21.2. The molecule has 3 aromatic carbocycles. The van der Waals surface area contributed by atoms with Crippen LogP contribution in [0.15, 0.2) is 83.7 Å². The number of H-pyrrole nitrogens is 1. The number of unbranched alkanes of at least 4 members (excludes halogenated alkanes) is 1. The highest BCUT2D eigenvalue weighted by molar-refractivity contribution is 6.74. The number of likely N-dealkylation sites (N-methyl/N-ethyl adjacent to an activating group) is 1. The average molecular weight is 889 g/mol. The number of fused-ring (bicyclic) bond motifs is 1. The number of aromatic amines is 1. The van der Waals surface area contributed by atoms with E-state index in [1.54, 1.807) is 86.3 Å². The first kappa shape index (κ1) is 50.1. The maximum absolute atomic E-state index is 13.8. The van der Waals surface area contributed by atoms with E-state index in [9.17, 15) is 29.4 Å². The average Bonchev–Trinajstić information content (AvgIpc) is 3.63. The molecule has 3 unspecified atom stereocenters. The first-order valence-electron chi connectivity index (χ1n) is 21.2. The second-order valence-electron chi connectivity index (χ2n) is 18.4. The minimum absolute atomic E-state index is 0.0720. The lowest BCUT2D eigenvalue weighted by atomic mass is 9.85. The summed E-state index contributed by atoms with van der Waals surface area (Å²) >= 11 is 0. The number of phenols is 1. The fourth-order valence-electron chi connectivity index (χ4n) is 6.98. The topological polar surface area (TPSA) is 208 Å². The summed E-state index contributed by atoms with van der Waals surface area (Å²) in [5.74, 6) is -1.26. The Balaban J connectivity index is 0.00000282. The van der Waals surface area contributed by atoms with Crippen LogP contribution >= 0.6 is 0 Å². The molecule has 5 rings (SSSR count). The monoisotopic (exact) mass is 888 g/mol. The van der Waals surface area contributed by atoms with Gasteiger partial charge in [-0.3, -0.25) is 14.4 Å². The Kier molecular flexibility index (Phi) is 16.9. The maximum Gasteiger partial charge on any atom is 0.410 e. The largest absolute Gasteiger partial charge is 0.506 e. The van der Waals surface area contributed by atoms with Crippen LogP contribution in [0, 0.1) is 0 Å². The standard InChI is InChI=1S/C46H62N4O9Si.CH2O2/c1-44(2,3)58-43(55)50(30-38(59-60(8,9)45(4,5)6)35-20-22-37(51)40-36(35)21-23-39(52)48-40)26-14-13-25-47-41(53)31-16-15-19-33(28-31)46(56,32-17-11-10-12-18-32)42(54)57-34-24-27-49(7)29-34;2-1-3/h10-12,15-23,28,34,38,51,56H,13-14,24-27,29-30H2,1-9H3,(H,47,53)(H,48,52);1H,(H,2,3). The first-order valence-corrected chi connectivity index (χ1v) is 24.1. The molecule has 1 saturated heterocycles. The summed E-state index contributed by atoms with van der Waals surface area (Å²) in [7, 11) is -0.508. The normalized spacial score (nSPS) is 15.9. The van der Waals surface area contributed by atoms with Gasteiger partial charge in [-0.25, -0.2) is 9.59 Å². The van der Waals surface area contributed by atoms with Crippen LogP contribution in [0.3, 0.4) is 0 Å². The molecule has 1 aromatic heterocycles. The molecule has 3 atom stereocenters. The van der Waals surface area contributed by atoms with Gasteiger partial charge in [0.2, 0.25) is 11.2 Å². The van der Waals surface area contributed by atoms with E-state index in [4.69, 9.17) is 23.8 Å². The summed E-state index contributed by atoms with van der Waals surface area (Å²) in [6, 6.07) is 21.3. The number of rotatable bonds is 15. The Morgan fingerprint density at radius 3 is 2.25 bits per heavy atom. The molecular formula is C47H64N4O11Si. The number of amides is 2. The number of aliphatic hydroxyl groups is 1. The SMILES string of the molecule is CN1CCC(OC(=O)C(O)(c2ccccc2)c2cccc(C(=O)NCCCCN(CC(O[Si](C)(C)C(C)(C)C)c3ccc(O)c4[nH]c(=O)ccc34)C(=O)OC(C)(C)C)c2)C1.O=CO. The van der Waals surface area contributed by atoms with Crippen molar-refractivity contribution in [2.75, 3.05) is 39.8 Å². The van der Waals surface area contributed by atoms with E-state index >= 15 is 0 Å². The lowest BCUT2D eigenvalue weighted by Gasteiger charge is -2.41. The van der Waals surface area contributed by atoms with Gasteiger partial charge in [-0.15, -0.1) is 0 Å². The Hall–Kier alpha value is -5.55. The highest BCUT2D eigenvalue weighted by Gasteiger charge is 2.44. The first-order chi connectivity index (χ1) is 29.5. The predicted molar refractivity (Wildman–Crippen MR) is 243 cm³/mol. The lowest BCUT2D eigenvalue weighted by Crippen LogP contribution is -2.46. The van der Waals surface area contributed by atoms with Crippen molar-refractivity contribution in [2.24, 2.45) is 0 Å². The number of carboxylic acid groups (broad SMARTS) is 1. The Morgan fingerprint density at radius 2 is 1.63 bits per heavy atom. The van der Waals surface area contributed by atoms with Crippen molar-refractivity contribution in [3.63, 3.8) is 0 Å². The van der Waals surface area contributed by atoms with Crippen molar-refractivity contribution in [1.29, 1.82) is 0 Å². The molecule has 0 spiro atoms. The molecule has 0 aliphatic carbocycles. The molecule has 342 valence electrons. The molecule has 5 N–H and O–H groups in total. The van der Waals surface area contributed by atoms with Crippen LogP contribution in [0.4, 0.5) is 4.79 Å². The van der Waals surface area contributed by atoms with Gasteiger partial charge in [-0.05, 0) is 101 Å². The predicted octanol–water partition coefficient (Wildman–Crippen LogP) is 6.93. The summed E-state index contributed by atoms with van der Waals surface area (Å²) in [6.07, 6.45) is 0.170. The van der Waals surface area contributed by atoms with Gasteiger partial charge in [0.15, 0.2) is 8.32 Å². The highest BCUT2D eigenvalue weighted by Crippen LogP contribution is 2.42. The van der Waals surface area contributed by atoms with Crippen molar-refractivity contribution in [1.82, 2.24) is 20.1 Å². The Bertz CT molecular complexity index is 2250.